The number of pyridine rings is 2. The molecule has 136 valence electrons. The first kappa shape index (κ1) is 16.4. The number of carbonyl (C=O) groups excluding carboxylic acids is 1. The standard InChI is InChI=1S/C23H18N4O/c28-23(26-19-8-3-6-17-7-4-13-24-22(17)19)18-10-11-21(25-15-18)27-14-12-16-5-1-2-9-20(16)27/h1-11,13,15H,12,14H2,(H,26,28). The first-order valence-electron chi connectivity index (χ1n) is 9.26. The Kier molecular flexibility index (Phi) is 3.98. The summed E-state index contributed by atoms with van der Waals surface area (Å²) < 4.78 is 0. The van der Waals surface area contributed by atoms with Gasteiger partial charge in [-0.15, -0.1) is 0 Å². The molecule has 4 aromatic rings. The van der Waals surface area contributed by atoms with Gasteiger partial charge in [0.05, 0.1) is 16.8 Å². The summed E-state index contributed by atoms with van der Waals surface area (Å²) in [6.45, 7) is 0.902. The van der Waals surface area contributed by atoms with E-state index in [9.17, 15) is 4.79 Å². The Morgan fingerprint density at radius 2 is 1.82 bits per heavy atom. The zero-order valence-electron chi connectivity index (χ0n) is 15.2. The van der Waals surface area contributed by atoms with Gasteiger partial charge in [-0.05, 0) is 42.3 Å². The molecule has 0 saturated carbocycles. The fourth-order valence-electron chi connectivity index (χ4n) is 3.66. The molecule has 1 aliphatic rings. The van der Waals surface area contributed by atoms with E-state index in [-0.39, 0.29) is 5.91 Å². The van der Waals surface area contributed by atoms with Gasteiger partial charge in [0, 0.05) is 30.0 Å². The molecule has 1 amide bonds. The van der Waals surface area contributed by atoms with E-state index in [0.29, 0.717) is 11.3 Å². The van der Waals surface area contributed by atoms with Crippen LogP contribution in [0.2, 0.25) is 0 Å². The van der Waals surface area contributed by atoms with Gasteiger partial charge in [0.25, 0.3) is 5.91 Å². The average molecular weight is 366 g/mol. The van der Waals surface area contributed by atoms with Crippen molar-refractivity contribution in [3.63, 3.8) is 0 Å². The number of nitrogens with one attached hydrogen (secondary N) is 1. The molecule has 5 rings (SSSR count). The van der Waals surface area contributed by atoms with Crippen LogP contribution in [0.25, 0.3) is 10.9 Å². The lowest BCUT2D eigenvalue weighted by Gasteiger charge is -2.18. The van der Waals surface area contributed by atoms with Crippen LogP contribution in [0.15, 0.2) is 79.1 Å². The highest BCUT2D eigenvalue weighted by molar-refractivity contribution is 6.08. The highest BCUT2D eigenvalue weighted by Crippen LogP contribution is 2.33. The normalized spacial score (nSPS) is 12.8. The number of para-hydroxylation sites is 2. The van der Waals surface area contributed by atoms with Gasteiger partial charge in [-0.3, -0.25) is 9.78 Å². The quantitative estimate of drug-likeness (QED) is 0.577. The Balaban J connectivity index is 1.38. The summed E-state index contributed by atoms with van der Waals surface area (Å²) in [5, 5.41) is 3.94. The maximum atomic E-state index is 12.7. The van der Waals surface area contributed by atoms with E-state index in [2.05, 4.69) is 38.4 Å². The minimum atomic E-state index is -0.195. The van der Waals surface area contributed by atoms with Crippen molar-refractivity contribution in [2.45, 2.75) is 6.42 Å². The minimum absolute atomic E-state index is 0.195. The van der Waals surface area contributed by atoms with Gasteiger partial charge in [-0.25, -0.2) is 4.98 Å². The SMILES string of the molecule is O=C(Nc1cccc2cccnc12)c1ccc(N2CCc3ccccc32)nc1. The Morgan fingerprint density at radius 1 is 0.929 bits per heavy atom. The molecule has 0 aliphatic carbocycles. The average Bonchev–Trinajstić information content (AvgIpc) is 3.18. The van der Waals surface area contributed by atoms with E-state index in [4.69, 9.17) is 0 Å². The van der Waals surface area contributed by atoms with Crippen molar-refractivity contribution in [2.24, 2.45) is 0 Å². The Labute approximate surface area is 162 Å². The minimum Gasteiger partial charge on any atom is -0.326 e. The van der Waals surface area contributed by atoms with Crippen LogP contribution in [0.4, 0.5) is 17.2 Å². The van der Waals surface area contributed by atoms with Gasteiger partial charge in [-0.2, -0.15) is 0 Å². The maximum Gasteiger partial charge on any atom is 0.257 e. The molecule has 0 unspecified atom stereocenters. The summed E-state index contributed by atoms with van der Waals surface area (Å²) in [5.74, 6) is 0.660. The lowest BCUT2D eigenvalue weighted by atomic mass is 10.2. The molecule has 1 N–H and O–H groups in total. The molecule has 0 spiro atoms. The molecule has 3 heterocycles. The Morgan fingerprint density at radius 3 is 2.71 bits per heavy atom. The summed E-state index contributed by atoms with van der Waals surface area (Å²) in [6.07, 6.45) is 4.36. The molecule has 0 atom stereocenters. The lowest BCUT2D eigenvalue weighted by Crippen LogP contribution is -2.16. The van der Waals surface area contributed by atoms with E-state index in [0.717, 1.165) is 29.7 Å². The summed E-state index contributed by atoms with van der Waals surface area (Å²) in [4.78, 5) is 23.8. The summed E-state index contributed by atoms with van der Waals surface area (Å²) in [5.41, 5.74) is 4.50. The molecule has 0 radical (unpaired) electrons. The third-order valence-electron chi connectivity index (χ3n) is 5.05. The highest BCUT2D eigenvalue weighted by Gasteiger charge is 2.21. The third-order valence-corrected chi connectivity index (χ3v) is 5.05. The number of hydrogen-bond donors (Lipinski definition) is 1. The summed E-state index contributed by atoms with van der Waals surface area (Å²) >= 11 is 0. The lowest BCUT2D eigenvalue weighted by molar-refractivity contribution is 0.102. The molecule has 0 saturated heterocycles. The van der Waals surface area contributed by atoms with Crippen molar-refractivity contribution in [3.8, 4) is 0 Å². The van der Waals surface area contributed by atoms with Crippen LogP contribution in [0.3, 0.4) is 0 Å². The van der Waals surface area contributed by atoms with E-state index in [1.165, 1.54) is 11.3 Å². The van der Waals surface area contributed by atoms with Crippen molar-refractivity contribution in [1.82, 2.24) is 9.97 Å². The van der Waals surface area contributed by atoms with Gasteiger partial charge < -0.3 is 10.2 Å². The largest absolute Gasteiger partial charge is 0.326 e. The number of nitrogens with zero attached hydrogens (tertiary/aromatic N) is 3. The second kappa shape index (κ2) is 6.78. The van der Waals surface area contributed by atoms with Crippen molar-refractivity contribution in [1.29, 1.82) is 0 Å². The number of carbonyl (C=O) groups is 1. The molecule has 5 nitrogen and oxygen atoms in total. The maximum absolute atomic E-state index is 12.7. The van der Waals surface area contributed by atoms with E-state index >= 15 is 0 Å². The van der Waals surface area contributed by atoms with Gasteiger partial charge in [0.2, 0.25) is 0 Å². The molecule has 1 aliphatic heterocycles. The van der Waals surface area contributed by atoms with Crippen molar-refractivity contribution in [2.75, 3.05) is 16.8 Å². The van der Waals surface area contributed by atoms with Crippen molar-refractivity contribution in [3.05, 3.63) is 90.3 Å². The number of amides is 1. The van der Waals surface area contributed by atoms with Crippen LogP contribution in [0.5, 0.6) is 0 Å². The van der Waals surface area contributed by atoms with Gasteiger partial charge in [0.15, 0.2) is 0 Å². The smallest absolute Gasteiger partial charge is 0.257 e. The van der Waals surface area contributed by atoms with E-state index in [1.807, 2.05) is 48.5 Å². The molecule has 28 heavy (non-hydrogen) atoms. The second-order valence-corrected chi connectivity index (χ2v) is 6.77. The van der Waals surface area contributed by atoms with Crippen LogP contribution in [0.1, 0.15) is 15.9 Å². The van der Waals surface area contributed by atoms with E-state index in [1.54, 1.807) is 12.4 Å². The van der Waals surface area contributed by atoms with E-state index < -0.39 is 0 Å². The molecular formula is C23H18N4O. The fraction of sp³-hybridized carbons (Fsp3) is 0.0870. The fourth-order valence-corrected chi connectivity index (χ4v) is 3.66. The number of benzene rings is 2. The van der Waals surface area contributed by atoms with Crippen LogP contribution in [-0.4, -0.2) is 22.4 Å². The monoisotopic (exact) mass is 366 g/mol. The van der Waals surface area contributed by atoms with Crippen LogP contribution in [-0.2, 0) is 6.42 Å². The number of aromatic nitrogens is 2. The number of hydrogen-bond acceptors (Lipinski definition) is 4. The molecule has 2 aromatic carbocycles. The summed E-state index contributed by atoms with van der Waals surface area (Å²) in [6, 6.07) is 21.7. The zero-order valence-corrected chi connectivity index (χ0v) is 15.2. The first-order chi connectivity index (χ1) is 13.8. The zero-order chi connectivity index (χ0) is 18.9. The molecule has 0 bridgehead atoms. The molecule has 2 aromatic heterocycles. The Hall–Kier alpha value is -3.73. The molecular weight excluding hydrogens is 348 g/mol. The van der Waals surface area contributed by atoms with Crippen LogP contribution >= 0.6 is 0 Å². The predicted molar refractivity (Wildman–Crippen MR) is 111 cm³/mol. The van der Waals surface area contributed by atoms with Gasteiger partial charge in [-0.1, -0.05) is 36.4 Å². The topological polar surface area (TPSA) is 58.1 Å². The van der Waals surface area contributed by atoms with Crippen LogP contribution in [0, 0.1) is 0 Å². The van der Waals surface area contributed by atoms with Crippen LogP contribution < -0.4 is 10.2 Å². The third kappa shape index (κ3) is 2.87. The summed E-state index contributed by atoms with van der Waals surface area (Å²) in [7, 11) is 0. The highest BCUT2D eigenvalue weighted by atomic mass is 16.1. The van der Waals surface area contributed by atoms with Gasteiger partial charge in [0.1, 0.15) is 5.82 Å². The predicted octanol–water partition coefficient (Wildman–Crippen LogP) is 4.58. The number of anilines is 3. The molecule has 0 fully saturated rings. The first-order valence-corrected chi connectivity index (χ1v) is 9.26. The number of rotatable bonds is 3. The van der Waals surface area contributed by atoms with Crippen molar-refractivity contribution < 1.29 is 4.79 Å². The Bertz CT molecular complexity index is 1170. The molecule has 5 heteroatoms. The second-order valence-electron chi connectivity index (χ2n) is 6.77. The number of fused-ring (bicyclic) bond motifs is 2. The van der Waals surface area contributed by atoms with Gasteiger partial charge >= 0.3 is 0 Å². The van der Waals surface area contributed by atoms with Crippen molar-refractivity contribution >= 4 is 34.0 Å².